The van der Waals surface area contributed by atoms with Crippen molar-refractivity contribution in [3.8, 4) is 0 Å². The van der Waals surface area contributed by atoms with Crippen LogP contribution in [0.4, 0.5) is 11.4 Å². The average Bonchev–Trinajstić information content (AvgIpc) is 2.66. The summed E-state index contributed by atoms with van der Waals surface area (Å²) in [5, 5.41) is 0. The number of hydrogen-bond donors (Lipinski definition) is 2. The second-order valence-corrected chi connectivity index (χ2v) is 5.07. The minimum Gasteiger partial charge on any atom is -0.397 e. The second-order valence-electron chi connectivity index (χ2n) is 4.70. The first kappa shape index (κ1) is 12.3. The van der Waals surface area contributed by atoms with Gasteiger partial charge in [0.25, 0.3) is 0 Å². The number of carbonyl (C=O) groups excluding carboxylic acids is 1. The Morgan fingerprint density at radius 1 is 1.47 bits per heavy atom. The minimum absolute atomic E-state index is 0.157. The number of anilines is 2. The van der Waals surface area contributed by atoms with Crippen LogP contribution < -0.4 is 10.6 Å². The highest BCUT2D eigenvalue weighted by atomic mass is 32.1. The van der Waals surface area contributed by atoms with Crippen molar-refractivity contribution < 1.29 is 4.79 Å². The first-order chi connectivity index (χ1) is 8.04. The quantitative estimate of drug-likeness (QED) is 0.624. The molecule has 0 aromatic heterocycles. The molecule has 1 heterocycles. The van der Waals surface area contributed by atoms with Crippen LogP contribution in [0, 0.1) is 19.8 Å². The van der Waals surface area contributed by atoms with Gasteiger partial charge >= 0.3 is 0 Å². The summed E-state index contributed by atoms with van der Waals surface area (Å²) in [5.74, 6) is 1.24. The zero-order valence-electron chi connectivity index (χ0n) is 10.2. The maximum Gasteiger partial charge on any atom is 0.227 e. The van der Waals surface area contributed by atoms with E-state index in [1.807, 2.05) is 30.9 Å². The molecule has 1 atom stereocenters. The number of nitrogens with zero attached hydrogens (tertiary/aromatic N) is 1. The Hall–Kier alpha value is -1.16. The number of thiol groups is 1. The lowest BCUT2D eigenvalue weighted by Gasteiger charge is -2.22. The summed E-state index contributed by atoms with van der Waals surface area (Å²) in [4.78, 5) is 13.8. The normalized spacial score (nSPS) is 20.1. The van der Waals surface area contributed by atoms with Crippen molar-refractivity contribution in [3.63, 3.8) is 0 Å². The van der Waals surface area contributed by atoms with Gasteiger partial charge in [-0.2, -0.15) is 12.6 Å². The van der Waals surface area contributed by atoms with Gasteiger partial charge in [-0.1, -0.05) is 6.07 Å². The van der Waals surface area contributed by atoms with E-state index in [1.165, 1.54) is 0 Å². The third-order valence-corrected chi connectivity index (χ3v) is 3.98. The molecular weight excluding hydrogens is 232 g/mol. The molecule has 0 aliphatic carbocycles. The van der Waals surface area contributed by atoms with Crippen molar-refractivity contribution in [2.45, 2.75) is 20.3 Å². The molecule has 0 radical (unpaired) electrons. The number of amides is 1. The van der Waals surface area contributed by atoms with Crippen LogP contribution in [0.2, 0.25) is 0 Å². The first-order valence-electron chi connectivity index (χ1n) is 5.81. The molecule has 92 valence electrons. The van der Waals surface area contributed by atoms with Crippen LogP contribution in [0.5, 0.6) is 0 Å². The van der Waals surface area contributed by atoms with Gasteiger partial charge in [-0.25, -0.2) is 0 Å². The van der Waals surface area contributed by atoms with Crippen LogP contribution in [-0.4, -0.2) is 18.2 Å². The van der Waals surface area contributed by atoms with E-state index in [9.17, 15) is 4.79 Å². The predicted octanol–water partition coefficient (Wildman–Crippen LogP) is 2.17. The highest BCUT2D eigenvalue weighted by Gasteiger charge is 2.31. The molecule has 1 aliphatic heterocycles. The molecule has 2 N–H and O–H groups in total. The topological polar surface area (TPSA) is 46.3 Å². The highest BCUT2D eigenvalue weighted by Crippen LogP contribution is 2.34. The lowest BCUT2D eigenvalue weighted by molar-refractivity contribution is -0.117. The Balaban J connectivity index is 2.41. The standard InChI is InChI=1S/C13H18N2OS/c1-8-3-4-11(14)13(9(8)2)15-6-10(7-17)5-12(15)16/h3-4,10,17H,5-7,14H2,1-2H3. The van der Waals surface area contributed by atoms with Crippen molar-refractivity contribution >= 4 is 29.9 Å². The molecular formula is C13H18N2OS. The molecule has 1 aromatic rings. The van der Waals surface area contributed by atoms with Crippen molar-refractivity contribution in [2.24, 2.45) is 5.92 Å². The van der Waals surface area contributed by atoms with Crippen LogP contribution in [0.25, 0.3) is 0 Å². The van der Waals surface area contributed by atoms with E-state index in [0.717, 1.165) is 29.1 Å². The van der Waals surface area contributed by atoms with Gasteiger partial charge in [-0.15, -0.1) is 0 Å². The van der Waals surface area contributed by atoms with Crippen LogP contribution in [0.1, 0.15) is 17.5 Å². The van der Waals surface area contributed by atoms with Crippen molar-refractivity contribution in [1.82, 2.24) is 0 Å². The maximum atomic E-state index is 12.0. The smallest absolute Gasteiger partial charge is 0.227 e. The van der Waals surface area contributed by atoms with Gasteiger partial charge in [0.05, 0.1) is 11.4 Å². The molecule has 2 rings (SSSR count). The Morgan fingerprint density at radius 3 is 2.76 bits per heavy atom. The van der Waals surface area contributed by atoms with E-state index in [-0.39, 0.29) is 5.91 Å². The van der Waals surface area contributed by atoms with Gasteiger partial charge in [0.2, 0.25) is 5.91 Å². The molecule has 0 saturated carbocycles. The summed E-state index contributed by atoms with van der Waals surface area (Å²) in [6, 6.07) is 3.86. The summed E-state index contributed by atoms with van der Waals surface area (Å²) in [5.41, 5.74) is 9.83. The van der Waals surface area contributed by atoms with E-state index in [2.05, 4.69) is 12.6 Å². The number of hydrogen-bond acceptors (Lipinski definition) is 3. The Kier molecular flexibility index (Phi) is 3.33. The van der Waals surface area contributed by atoms with Gasteiger partial charge in [-0.05, 0) is 42.7 Å². The van der Waals surface area contributed by atoms with Crippen LogP contribution in [-0.2, 0) is 4.79 Å². The lowest BCUT2D eigenvalue weighted by Crippen LogP contribution is -2.26. The summed E-state index contributed by atoms with van der Waals surface area (Å²) in [6.07, 6.45) is 0.580. The Labute approximate surface area is 107 Å². The highest BCUT2D eigenvalue weighted by molar-refractivity contribution is 7.80. The number of nitrogen functional groups attached to an aromatic ring is 1. The fourth-order valence-corrected chi connectivity index (χ4v) is 2.54. The molecule has 3 nitrogen and oxygen atoms in total. The fourth-order valence-electron chi connectivity index (χ4n) is 2.30. The molecule has 1 aliphatic rings. The fraction of sp³-hybridized carbons (Fsp3) is 0.462. The van der Waals surface area contributed by atoms with Crippen LogP contribution >= 0.6 is 12.6 Å². The van der Waals surface area contributed by atoms with Crippen LogP contribution in [0.15, 0.2) is 12.1 Å². The first-order valence-corrected chi connectivity index (χ1v) is 6.44. The lowest BCUT2D eigenvalue weighted by atomic mass is 10.1. The van der Waals surface area contributed by atoms with Gasteiger partial charge in [0, 0.05) is 13.0 Å². The summed E-state index contributed by atoms with van der Waals surface area (Å²) in [6.45, 7) is 4.79. The number of benzene rings is 1. The molecule has 1 aromatic carbocycles. The molecule has 0 bridgehead atoms. The van der Waals surface area contributed by atoms with Crippen molar-refractivity contribution in [2.75, 3.05) is 22.9 Å². The van der Waals surface area contributed by atoms with E-state index in [1.54, 1.807) is 0 Å². The zero-order valence-corrected chi connectivity index (χ0v) is 11.1. The Morgan fingerprint density at radius 2 is 2.18 bits per heavy atom. The predicted molar refractivity (Wildman–Crippen MR) is 74.6 cm³/mol. The molecule has 1 saturated heterocycles. The molecule has 1 amide bonds. The molecule has 1 fully saturated rings. The van der Waals surface area contributed by atoms with E-state index in [0.29, 0.717) is 18.0 Å². The van der Waals surface area contributed by atoms with Gasteiger partial charge in [0.15, 0.2) is 0 Å². The third-order valence-electron chi connectivity index (χ3n) is 3.47. The summed E-state index contributed by atoms with van der Waals surface area (Å²) < 4.78 is 0. The monoisotopic (exact) mass is 250 g/mol. The number of nitrogens with two attached hydrogens (primary N) is 1. The molecule has 0 spiro atoms. The number of aryl methyl sites for hydroxylation is 1. The molecule has 17 heavy (non-hydrogen) atoms. The van der Waals surface area contributed by atoms with Gasteiger partial charge < -0.3 is 10.6 Å². The summed E-state index contributed by atoms with van der Waals surface area (Å²) in [7, 11) is 0. The molecule has 1 unspecified atom stereocenters. The minimum atomic E-state index is 0.157. The largest absolute Gasteiger partial charge is 0.397 e. The second kappa shape index (κ2) is 4.61. The van der Waals surface area contributed by atoms with Gasteiger partial charge in [-0.3, -0.25) is 4.79 Å². The van der Waals surface area contributed by atoms with Crippen molar-refractivity contribution in [1.29, 1.82) is 0 Å². The summed E-state index contributed by atoms with van der Waals surface area (Å²) >= 11 is 4.27. The van der Waals surface area contributed by atoms with Crippen molar-refractivity contribution in [3.05, 3.63) is 23.3 Å². The third kappa shape index (κ3) is 2.14. The maximum absolute atomic E-state index is 12.0. The average molecular weight is 250 g/mol. The van der Waals surface area contributed by atoms with E-state index < -0.39 is 0 Å². The van der Waals surface area contributed by atoms with Gasteiger partial charge in [0.1, 0.15) is 0 Å². The number of rotatable bonds is 2. The molecule has 4 heteroatoms. The number of carbonyl (C=O) groups is 1. The van der Waals surface area contributed by atoms with E-state index in [4.69, 9.17) is 5.73 Å². The Bertz CT molecular complexity index is 459. The van der Waals surface area contributed by atoms with E-state index >= 15 is 0 Å². The SMILES string of the molecule is Cc1ccc(N)c(N2CC(CS)CC2=O)c1C. The zero-order chi connectivity index (χ0) is 12.6. The van der Waals surface area contributed by atoms with Crippen LogP contribution in [0.3, 0.4) is 0 Å².